The van der Waals surface area contributed by atoms with E-state index in [0.29, 0.717) is 5.69 Å². The van der Waals surface area contributed by atoms with E-state index in [2.05, 4.69) is 27.5 Å². The van der Waals surface area contributed by atoms with Gasteiger partial charge in [-0.2, -0.15) is 0 Å². The van der Waals surface area contributed by atoms with Crippen molar-refractivity contribution in [1.29, 1.82) is 0 Å². The number of hydrogen-bond acceptors (Lipinski definition) is 2. The maximum atomic E-state index is 8.30. The largest absolute Gasteiger partial charge is 0.317 e. The van der Waals surface area contributed by atoms with Gasteiger partial charge in [-0.25, -0.2) is 0 Å². The van der Waals surface area contributed by atoms with Crippen LogP contribution in [0.5, 0.6) is 0 Å². The molecule has 0 amide bonds. The van der Waals surface area contributed by atoms with Crippen LogP contribution in [0.3, 0.4) is 0 Å². The third kappa shape index (κ3) is 2.99. The zero-order valence-electron chi connectivity index (χ0n) is 9.26. The summed E-state index contributed by atoms with van der Waals surface area (Å²) in [6.07, 6.45) is 3.66. The first-order chi connectivity index (χ1) is 7.88. The van der Waals surface area contributed by atoms with E-state index in [1.807, 2.05) is 12.1 Å². The molecular formula is C12H16N4. The summed E-state index contributed by atoms with van der Waals surface area (Å²) in [7, 11) is 0. The molecule has 1 aliphatic rings. The van der Waals surface area contributed by atoms with Crippen LogP contribution < -0.4 is 5.32 Å². The lowest BCUT2D eigenvalue weighted by Crippen LogP contribution is -2.28. The first-order valence-electron chi connectivity index (χ1n) is 5.73. The molecule has 1 heterocycles. The van der Waals surface area contributed by atoms with Crippen LogP contribution in [-0.4, -0.2) is 13.1 Å². The maximum absolute atomic E-state index is 8.30. The Balaban J connectivity index is 1.96. The quantitative estimate of drug-likeness (QED) is 0.471. The monoisotopic (exact) mass is 216 g/mol. The fourth-order valence-corrected chi connectivity index (χ4v) is 2.17. The highest BCUT2D eigenvalue weighted by Gasteiger charge is 2.12. The number of benzene rings is 1. The van der Waals surface area contributed by atoms with E-state index in [1.165, 1.54) is 18.4 Å². The highest BCUT2D eigenvalue weighted by Crippen LogP contribution is 2.20. The van der Waals surface area contributed by atoms with Gasteiger partial charge in [-0.3, -0.25) is 0 Å². The molecule has 84 valence electrons. The minimum Gasteiger partial charge on any atom is -0.317 e. The summed E-state index contributed by atoms with van der Waals surface area (Å²) in [5, 5.41) is 6.94. The number of nitrogens with one attached hydrogen (secondary N) is 1. The molecule has 2 rings (SSSR count). The second kappa shape index (κ2) is 5.54. The van der Waals surface area contributed by atoms with Crippen LogP contribution in [0.15, 0.2) is 29.4 Å². The molecule has 0 aliphatic carbocycles. The molecule has 1 aliphatic heterocycles. The van der Waals surface area contributed by atoms with Gasteiger partial charge in [-0.15, -0.1) is 0 Å². The van der Waals surface area contributed by atoms with Gasteiger partial charge in [0.25, 0.3) is 0 Å². The van der Waals surface area contributed by atoms with Gasteiger partial charge in [-0.05, 0) is 49.4 Å². The van der Waals surface area contributed by atoms with Gasteiger partial charge >= 0.3 is 0 Å². The topological polar surface area (TPSA) is 60.8 Å². The summed E-state index contributed by atoms with van der Waals surface area (Å²) in [5.41, 5.74) is 10.3. The summed E-state index contributed by atoms with van der Waals surface area (Å²) in [6.45, 7) is 2.28. The third-order valence-corrected chi connectivity index (χ3v) is 3.08. The average molecular weight is 216 g/mol. The zero-order valence-corrected chi connectivity index (χ0v) is 9.26. The standard InChI is InChI=1S/C12H16N4/c13-16-15-12-3-1-10(2-4-12)9-11-5-7-14-8-6-11/h1-4,11,14H,5-9H2. The molecule has 4 nitrogen and oxygen atoms in total. The van der Waals surface area contributed by atoms with Crippen molar-refractivity contribution in [2.24, 2.45) is 11.0 Å². The predicted octanol–water partition coefficient (Wildman–Crippen LogP) is 3.17. The van der Waals surface area contributed by atoms with Gasteiger partial charge in [0.1, 0.15) is 0 Å². The van der Waals surface area contributed by atoms with Crippen LogP contribution in [0.4, 0.5) is 5.69 Å². The lowest BCUT2D eigenvalue weighted by atomic mass is 9.91. The number of rotatable bonds is 3. The van der Waals surface area contributed by atoms with Crippen LogP contribution in [0.1, 0.15) is 18.4 Å². The van der Waals surface area contributed by atoms with Crippen molar-refractivity contribution in [2.75, 3.05) is 13.1 Å². The molecule has 0 aromatic heterocycles. The summed E-state index contributed by atoms with van der Waals surface area (Å²) >= 11 is 0. The summed E-state index contributed by atoms with van der Waals surface area (Å²) in [5.74, 6) is 0.798. The van der Waals surface area contributed by atoms with Gasteiger partial charge in [0.15, 0.2) is 0 Å². The van der Waals surface area contributed by atoms with Crippen molar-refractivity contribution in [3.8, 4) is 0 Å². The van der Waals surface area contributed by atoms with Crippen molar-refractivity contribution < 1.29 is 0 Å². The Hall–Kier alpha value is -1.51. The lowest BCUT2D eigenvalue weighted by Gasteiger charge is -2.22. The minimum absolute atomic E-state index is 0.691. The van der Waals surface area contributed by atoms with Crippen molar-refractivity contribution in [3.05, 3.63) is 40.3 Å². The molecule has 0 spiro atoms. The Bertz CT molecular complexity index is 373. The molecule has 4 heteroatoms. The van der Waals surface area contributed by atoms with Crippen molar-refractivity contribution in [1.82, 2.24) is 5.32 Å². The number of piperidine rings is 1. The van der Waals surface area contributed by atoms with E-state index in [4.69, 9.17) is 5.53 Å². The second-order valence-electron chi connectivity index (χ2n) is 4.25. The number of hydrogen-bond donors (Lipinski definition) is 1. The molecule has 1 aromatic carbocycles. The lowest BCUT2D eigenvalue weighted by molar-refractivity contribution is 0.372. The van der Waals surface area contributed by atoms with Gasteiger partial charge < -0.3 is 5.32 Å². The fraction of sp³-hybridized carbons (Fsp3) is 0.500. The molecule has 0 unspecified atom stereocenters. The Morgan fingerprint density at radius 2 is 1.94 bits per heavy atom. The van der Waals surface area contributed by atoms with Crippen LogP contribution >= 0.6 is 0 Å². The third-order valence-electron chi connectivity index (χ3n) is 3.08. The van der Waals surface area contributed by atoms with E-state index in [0.717, 1.165) is 25.4 Å². The van der Waals surface area contributed by atoms with Crippen LogP contribution in [0, 0.1) is 5.92 Å². The van der Waals surface area contributed by atoms with E-state index in [9.17, 15) is 0 Å². The Morgan fingerprint density at radius 3 is 2.56 bits per heavy atom. The second-order valence-corrected chi connectivity index (χ2v) is 4.25. The van der Waals surface area contributed by atoms with Crippen molar-refractivity contribution in [2.45, 2.75) is 19.3 Å². The molecule has 0 atom stereocenters. The summed E-state index contributed by atoms with van der Waals surface area (Å²) in [6, 6.07) is 7.89. The van der Waals surface area contributed by atoms with E-state index in [-0.39, 0.29) is 0 Å². The highest BCUT2D eigenvalue weighted by molar-refractivity contribution is 5.38. The molecule has 16 heavy (non-hydrogen) atoms. The maximum Gasteiger partial charge on any atom is 0.0375 e. The van der Waals surface area contributed by atoms with E-state index in [1.54, 1.807) is 0 Å². The van der Waals surface area contributed by atoms with E-state index >= 15 is 0 Å². The van der Waals surface area contributed by atoms with Crippen LogP contribution in [0.2, 0.25) is 0 Å². The zero-order chi connectivity index (χ0) is 11.2. The molecule has 0 saturated carbocycles. The summed E-state index contributed by atoms with van der Waals surface area (Å²) in [4.78, 5) is 2.77. The smallest absolute Gasteiger partial charge is 0.0375 e. The normalized spacial score (nSPS) is 16.8. The number of azide groups is 1. The fourth-order valence-electron chi connectivity index (χ4n) is 2.17. The first kappa shape index (κ1) is 11.0. The molecule has 1 aromatic rings. The molecule has 0 radical (unpaired) electrons. The minimum atomic E-state index is 0.691. The van der Waals surface area contributed by atoms with Crippen molar-refractivity contribution in [3.63, 3.8) is 0 Å². The molecule has 1 N–H and O–H groups in total. The predicted molar refractivity (Wildman–Crippen MR) is 64.5 cm³/mol. The molecular weight excluding hydrogens is 200 g/mol. The highest BCUT2D eigenvalue weighted by atomic mass is 15.1. The SMILES string of the molecule is [N-]=[N+]=Nc1ccc(CC2CCNCC2)cc1. The summed E-state index contributed by atoms with van der Waals surface area (Å²) < 4.78 is 0. The number of nitrogens with zero attached hydrogens (tertiary/aromatic N) is 3. The average Bonchev–Trinajstić information content (AvgIpc) is 2.33. The van der Waals surface area contributed by atoms with Crippen LogP contribution in [0.25, 0.3) is 10.4 Å². The molecule has 1 fully saturated rings. The molecule has 1 saturated heterocycles. The van der Waals surface area contributed by atoms with Gasteiger partial charge in [-0.1, -0.05) is 29.4 Å². The Labute approximate surface area is 95.3 Å². The first-order valence-corrected chi connectivity index (χ1v) is 5.73. The Morgan fingerprint density at radius 1 is 1.25 bits per heavy atom. The van der Waals surface area contributed by atoms with Crippen LogP contribution in [-0.2, 0) is 6.42 Å². The van der Waals surface area contributed by atoms with E-state index < -0.39 is 0 Å². The van der Waals surface area contributed by atoms with Gasteiger partial charge in [0.2, 0.25) is 0 Å². The Kier molecular flexibility index (Phi) is 3.81. The van der Waals surface area contributed by atoms with Crippen molar-refractivity contribution >= 4 is 5.69 Å². The van der Waals surface area contributed by atoms with Gasteiger partial charge in [0, 0.05) is 10.6 Å². The molecule has 0 bridgehead atoms. The van der Waals surface area contributed by atoms with Gasteiger partial charge in [0.05, 0.1) is 0 Å².